The van der Waals surface area contributed by atoms with E-state index in [1.807, 2.05) is 30.3 Å². The molecule has 0 amide bonds. The van der Waals surface area contributed by atoms with E-state index < -0.39 is 0 Å². The molecule has 114 valence electrons. The van der Waals surface area contributed by atoms with Crippen LogP contribution in [-0.2, 0) is 4.79 Å². The highest BCUT2D eigenvalue weighted by Crippen LogP contribution is 2.35. The lowest BCUT2D eigenvalue weighted by atomic mass is 9.80. The predicted molar refractivity (Wildman–Crippen MR) is 93.9 cm³/mol. The maximum atomic E-state index is 12.4. The quantitative estimate of drug-likeness (QED) is 0.797. The SMILES string of the molecule is O=C1CCCCC1[C@H](Nc1ccccc1)c1ccc(Br)cc1. The molecule has 1 aliphatic rings. The molecule has 3 heteroatoms. The van der Waals surface area contributed by atoms with E-state index in [-0.39, 0.29) is 12.0 Å². The highest BCUT2D eigenvalue weighted by molar-refractivity contribution is 9.10. The third kappa shape index (κ3) is 3.58. The molecule has 0 bridgehead atoms. The Kier molecular flexibility index (Phi) is 4.94. The van der Waals surface area contributed by atoms with E-state index in [0.29, 0.717) is 12.2 Å². The number of hydrogen-bond donors (Lipinski definition) is 1. The lowest BCUT2D eigenvalue weighted by Gasteiger charge is -2.31. The molecule has 0 aromatic heterocycles. The van der Waals surface area contributed by atoms with Gasteiger partial charge in [-0.15, -0.1) is 0 Å². The standard InChI is InChI=1S/C19H20BrNO/c20-15-12-10-14(11-13-15)19(17-8-4-5-9-18(17)22)21-16-6-2-1-3-7-16/h1-3,6-7,10-13,17,19,21H,4-5,8-9H2/t17?,19-/m1/s1. The van der Waals surface area contributed by atoms with Gasteiger partial charge in [0.25, 0.3) is 0 Å². The van der Waals surface area contributed by atoms with Gasteiger partial charge >= 0.3 is 0 Å². The van der Waals surface area contributed by atoms with Gasteiger partial charge in [-0.3, -0.25) is 4.79 Å². The van der Waals surface area contributed by atoms with Crippen molar-refractivity contribution < 1.29 is 4.79 Å². The number of benzene rings is 2. The minimum atomic E-state index is 0.0447. The average Bonchev–Trinajstić information content (AvgIpc) is 2.55. The topological polar surface area (TPSA) is 29.1 Å². The van der Waals surface area contributed by atoms with E-state index >= 15 is 0 Å². The van der Waals surface area contributed by atoms with E-state index in [2.05, 4.69) is 45.5 Å². The third-order valence-corrected chi connectivity index (χ3v) is 4.86. The van der Waals surface area contributed by atoms with Crippen molar-refractivity contribution >= 4 is 27.4 Å². The van der Waals surface area contributed by atoms with Crippen LogP contribution in [0.25, 0.3) is 0 Å². The van der Waals surface area contributed by atoms with Crippen molar-refractivity contribution in [3.63, 3.8) is 0 Å². The van der Waals surface area contributed by atoms with Crippen molar-refractivity contribution in [1.82, 2.24) is 0 Å². The van der Waals surface area contributed by atoms with Gasteiger partial charge in [0.1, 0.15) is 5.78 Å². The van der Waals surface area contributed by atoms with Gasteiger partial charge in [0, 0.05) is 22.5 Å². The summed E-state index contributed by atoms with van der Waals surface area (Å²) in [4.78, 5) is 12.4. The van der Waals surface area contributed by atoms with Crippen LogP contribution in [0.1, 0.15) is 37.3 Å². The average molecular weight is 358 g/mol. The molecule has 0 heterocycles. The number of hydrogen-bond acceptors (Lipinski definition) is 2. The van der Waals surface area contributed by atoms with Crippen LogP contribution in [0.4, 0.5) is 5.69 Å². The zero-order chi connectivity index (χ0) is 15.4. The molecular formula is C19H20BrNO. The molecule has 2 aromatic carbocycles. The molecule has 1 unspecified atom stereocenters. The first-order valence-electron chi connectivity index (χ1n) is 7.84. The number of halogens is 1. The molecular weight excluding hydrogens is 338 g/mol. The molecule has 1 saturated carbocycles. The number of carbonyl (C=O) groups excluding carboxylic acids is 1. The van der Waals surface area contributed by atoms with Gasteiger partial charge in [0.15, 0.2) is 0 Å². The van der Waals surface area contributed by atoms with E-state index in [9.17, 15) is 4.79 Å². The Morgan fingerprint density at radius 2 is 1.73 bits per heavy atom. The molecule has 0 aliphatic heterocycles. The molecule has 1 fully saturated rings. The van der Waals surface area contributed by atoms with Crippen LogP contribution in [0, 0.1) is 5.92 Å². The van der Waals surface area contributed by atoms with Crippen LogP contribution in [0.5, 0.6) is 0 Å². The lowest BCUT2D eigenvalue weighted by molar-refractivity contribution is -0.125. The molecule has 3 rings (SSSR count). The number of Topliss-reactive ketones (excluding diaryl/α,β-unsaturated/α-hetero) is 1. The largest absolute Gasteiger partial charge is 0.378 e. The molecule has 0 spiro atoms. The normalized spacial score (nSPS) is 19.7. The summed E-state index contributed by atoms with van der Waals surface area (Å²) in [5.74, 6) is 0.456. The summed E-state index contributed by atoms with van der Waals surface area (Å²) in [6, 6.07) is 18.5. The lowest BCUT2D eigenvalue weighted by Crippen LogP contribution is -2.30. The van der Waals surface area contributed by atoms with Gasteiger partial charge < -0.3 is 5.32 Å². The van der Waals surface area contributed by atoms with Gasteiger partial charge in [-0.05, 0) is 42.7 Å². The summed E-state index contributed by atoms with van der Waals surface area (Å²) >= 11 is 3.48. The van der Waals surface area contributed by atoms with Crippen molar-refractivity contribution in [2.45, 2.75) is 31.7 Å². The van der Waals surface area contributed by atoms with Crippen LogP contribution in [0.15, 0.2) is 59.1 Å². The summed E-state index contributed by atoms with van der Waals surface area (Å²) in [6.45, 7) is 0. The second-order valence-electron chi connectivity index (χ2n) is 5.86. The van der Waals surface area contributed by atoms with E-state index in [1.54, 1.807) is 0 Å². The highest BCUT2D eigenvalue weighted by atomic mass is 79.9. The Morgan fingerprint density at radius 3 is 2.41 bits per heavy atom. The first-order chi connectivity index (χ1) is 10.7. The molecule has 2 nitrogen and oxygen atoms in total. The number of ketones is 1. The van der Waals surface area contributed by atoms with Crippen LogP contribution in [0.3, 0.4) is 0 Å². The summed E-state index contributed by atoms with van der Waals surface area (Å²) in [5.41, 5.74) is 2.24. The van der Waals surface area contributed by atoms with Gasteiger partial charge in [-0.2, -0.15) is 0 Å². The third-order valence-electron chi connectivity index (χ3n) is 4.33. The maximum absolute atomic E-state index is 12.4. The first-order valence-corrected chi connectivity index (χ1v) is 8.63. The van der Waals surface area contributed by atoms with Gasteiger partial charge in [0.2, 0.25) is 0 Å². The monoisotopic (exact) mass is 357 g/mol. The molecule has 2 atom stereocenters. The van der Waals surface area contributed by atoms with E-state index in [1.165, 1.54) is 5.56 Å². The summed E-state index contributed by atoms with van der Waals surface area (Å²) < 4.78 is 1.06. The summed E-state index contributed by atoms with van der Waals surface area (Å²) in [5, 5.41) is 3.58. The fourth-order valence-electron chi connectivity index (χ4n) is 3.16. The van der Waals surface area contributed by atoms with Crippen molar-refractivity contribution in [3.05, 3.63) is 64.6 Å². The highest BCUT2D eigenvalue weighted by Gasteiger charge is 2.31. The zero-order valence-electron chi connectivity index (χ0n) is 12.5. The smallest absolute Gasteiger partial charge is 0.138 e. The number of anilines is 1. The minimum Gasteiger partial charge on any atom is -0.378 e. The summed E-state index contributed by atoms with van der Waals surface area (Å²) in [6.07, 6.45) is 3.86. The Hall–Kier alpha value is -1.61. The molecule has 0 radical (unpaired) electrons. The molecule has 2 aromatic rings. The van der Waals surface area contributed by atoms with Crippen LogP contribution < -0.4 is 5.32 Å². The van der Waals surface area contributed by atoms with Gasteiger partial charge in [0.05, 0.1) is 6.04 Å². The fourth-order valence-corrected chi connectivity index (χ4v) is 3.43. The van der Waals surface area contributed by atoms with Gasteiger partial charge in [-0.25, -0.2) is 0 Å². The van der Waals surface area contributed by atoms with E-state index in [4.69, 9.17) is 0 Å². The maximum Gasteiger partial charge on any atom is 0.138 e. The number of rotatable bonds is 4. The summed E-state index contributed by atoms with van der Waals surface area (Å²) in [7, 11) is 0. The van der Waals surface area contributed by atoms with Crippen molar-refractivity contribution in [1.29, 1.82) is 0 Å². The Labute approximate surface area is 140 Å². The number of nitrogens with one attached hydrogen (secondary N) is 1. The Morgan fingerprint density at radius 1 is 1.00 bits per heavy atom. The molecule has 0 saturated heterocycles. The first kappa shape index (κ1) is 15.3. The second-order valence-corrected chi connectivity index (χ2v) is 6.77. The van der Waals surface area contributed by atoms with Crippen molar-refractivity contribution in [2.75, 3.05) is 5.32 Å². The second kappa shape index (κ2) is 7.10. The Bertz CT molecular complexity index is 624. The van der Waals surface area contributed by atoms with Crippen molar-refractivity contribution in [3.8, 4) is 0 Å². The Balaban J connectivity index is 1.90. The number of carbonyl (C=O) groups is 1. The zero-order valence-corrected chi connectivity index (χ0v) is 14.1. The predicted octanol–water partition coefficient (Wildman–Crippen LogP) is 5.36. The molecule has 1 aliphatic carbocycles. The van der Waals surface area contributed by atoms with Crippen LogP contribution in [0.2, 0.25) is 0 Å². The van der Waals surface area contributed by atoms with Crippen LogP contribution >= 0.6 is 15.9 Å². The van der Waals surface area contributed by atoms with Gasteiger partial charge in [-0.1, -0.05) is 52.7 Å². The van der Waals surface area contributed by atoms with Crippen molar-refractivity contribution in [2.24, 2.45) is 5.92 Å². The fraction of sp³-hybridized carbons (Fsp3) is 0.316. The van der Waals surface area contributed by atoms with E-state index in [0.717, 1.165) is 29.4 Å². The molecule has 1 N–H and O–H groups in total. The minimum absolute atomic E-state index is 0.0447. The number of para-hydroxylation sites is 1. The van der Waals surface area contributed by atoms with Crippen LogP contribution in [-0.4, -0.2) is 5.78 Å². The molecule has 22 heavy (non-hydrogen) atoms.